The lowest BCUT2D eigenvalue weighted by molar-refractivity contribution is 0.527. The Balaban J connectivity index is 2.24. The smallest absolute Gasteiger partial charge is 0.0522 e. The summed E-state index contributed by atoms with van der Waals surface area (Å²) in [5.74, 6) is 0. The second-order valence-electron chi connectivity index (χ2n) is 5.21. The average molecular weight is 383 g/mol. The number of aromatic nitrogens is 2. The van der Waals surface area contributed by atoms with Gasteiger partial charge in [-0.15, -0.1) is 0 Å². The zero-order chi connectivity index (χ0) is 14.5. The molecule has 1 aromatic heterocycles. The Morgan fingerprint density at radius 1 is 1.40 bits per heavy atom. The molecule has 0 amide bonds. The maximum Gasteiger partial charge on any atom is 0.0522 e. The molecule has 3 nitrogen and oxygen atoms in total. The quantitative estimate of drug-likeness (QED) is 0.773. The molecular formula is C16H22IN3. The van der Waals surface area contributed by atoms with Gasteiger partial charge in [-0.1, -0.05) is 25.1 Å². The van der Waals surface area contributed by atoms with Crippen LogP contribution >= 0.6 is 22.6 Å². The number of nitrogens with zero attached hydrogens (tertiary/aromatic N) is 2. The van der Waals surface area contributed by atoms with Gasteiger partial charge >= 0.3 is 0 Å². The SMILES string of the molecule is CCCNC(Cc1cnn(C)c1)c1cccc(C)c1I. The molecule has 1 atom stereocenters. The van der Waals surface area contributed by atoms with Gasteiger partial charge < -0.3 is 5.32 Å². The van der Waals surface area contributed by atoms with E-state index in [2.05, 4.69) is 71.2 Å². The summed E-state index contributed by atoms with van der Waals surface area (Å²) >= 11 is 2.46. The Morgan fingerprint density at radius 2 is 2.20 bits per heavy atom. The van der Waals surface area contributed by atoms with Gasteiger partial charge in [0.2, 0.25) is 0 Å². The first-order chi connectivity index (χ1) is 9.61. The van der Waals surface area contributed by atoms with Gasteiger partial charge in [0.15, 0.2) is 0 Å². The van der Waals surface area contributed by atoms with Gasteiger partial charge in [0.1, 0.15) is 0 Å². The summed E-state index contributed by atoms with van der Waals surface area (Å²) in [7, 11) is 1.97. The van der Waals surface area contributed by atoms with E-state index >= 15 is 0 Å². The molecule has 0 bridgehead atoms. The number of hydrogen-bond donors (Lipinski definition) is 1. The average Bonchev–Trinajstić information content (AvgIpc) is 2.83. The molecule has 1 unspecified atom stereocenters. The molecule has 0 saturated carbocycles. The zero-order valence-corrected chi connectivity index (χ0v) is 14.5. The fourth-order valence-electron chi connectivity index (χ4n) is 2.36. The number of hydrogen-bond acceptors (Lipinski definition) is 2. The third kappa shape index (κ3) is 3.82. The van der Waals surface area contributed by atoms with E-state index in [4.69, 9.17) is 0 Å². The Morgan fingerprint density at radius 3 is 2.85 bits per heavy atom. The van der Waals surface area contributed by atoms with Crippen LogP contribution in [0.4, 0.5) is 0 Å². The summed E-state index contributed by atoms with van der Waals surface area (Å²) in [6, 6.07) is 6.91. The largest absolute Gasteiger partial charge is 0.310 e. The van der Waals surface area contributed by atoms with Gasteiger partial charge in [-0.05, 0) is 65.6 Å². The molecule has 0 aliphatic rings. The monoisotopic (exact) mass is 383 g/mol. The summed E-state index contributed by atoms with van der Waals surface area (Å²) in [5.41, 5.74) is 4.01. The topological polar surface area (TPSA) is 29.9 Å². The maximum absolute atomic E-state index is 4.27. The highest BCUT2D eigenvalue weighted by molar-refractivity contribution is 14.1. The highest BCUT2D eigenvalue weighted by Gasteiger charge is 2.16. The maximum atomic E-state index is 4.27. The first-order valence-electron chi connectivity index (χ1n) is 7.07. The van der Waals surface area contributed by atoms with E-state index in [0.717, 1.165) is 19.4 Å². The van der Waals surface area contributed by atoms with Crippen LogP contribution in [-0.2, 0) is 13.5 Å². The number of halogens is 1. The van der Waals surface area contributed by atoms with Crippen molar-refractivity contribution >= 4 is 22.6 Å². The van der Waals surface area contributed by atoms with Gasteiger partial charge in [0.05, 0.1) is 6.20 Å². The molecular weight excluding hydrogens is 361 g/mol. The highest BCUT2D eigenvalue weighted by atomic mass is 127. The second kappa shape index (κ2) is 7.22. The standard InChI is InChI=1S/C16H22IN3/c1-4-8-18-15(9-13-10-19-20(3)11-13)14-7-5-6-12(2)16(14)17/h5-7,10-11,15,18H,4,8-9H2,1-3H3. The van der Waals surface area contributed by atoms with E-state index in [1.165, 1.54) is 20.3 Å². The van der Waals surface area contributed by atoms with Crippen LogP contribution < -0.4 is 5.32 Å². The van der Waals surface area contributed by atoms with Gasteiger partial charge in [0, 0.05) is 22.9 Å². The molecule has 0 saturated heterocycles. The molecule has 4 heteroatoms. The van der Waals surface area contributed by atoms with Crippen LogP contribution in [0.25, 0.3) is 0 Å². The third-order valence-corrected chi connectivity index (χ3v) is 4.91. The van der Waals surface area contributed by atoms with Crippen molar-refractivity contribution in [1.29, 1.82) is 0 Å². The van der Waals surface area contributed by atoms with E-state index < -0.39 is 0 Å². The summed E-state index contributed by atoms with van der Waals surface area (Å²) in [6.45, 7) is 5.41. The number of benzene rings is 1. The molecule has 1 N–H and O–H groups in total. The van der Waals surface area contributed by atoms with E-state index in [9.17, 15) is 0 Å². The second-order valence-corrected chi connectivity index (χ2v) is 6.29. The van der Waals surface area contributed by atoms with Gasteiger partial charge in [0.25, 0.3) is 0 Å². The van der Waals surface area contributed by atoms with Gasteiger partial charge in [-0.2, -0.15) is 5.10 Å². The molecule has 2 aromatic rings. The molecule has 108 valence electrons. The van der Waals surface area contributed by atoms with Crippen LogP contribution in [0.5, 0.6) is 0 Å². The summed E-state index contributed by atoms with van der Waals surface area (Å²) in [4.78, 5) is 0. The number of aryl methyl sites for hydroxylation is 2. The predicted octanol–water partition coefficient (Wildman–Crippen LogP) is 3.62. The Kier molecular flexibility index (Phi) is 5.60. The minimum atomic E-state index is 0.353. The minimum Gasteiger partial charge on any atom is -0.310 e. The number of rotatable bonds is 6. The van der Waals surface area contributed by atoms with Crippen molar-refractivity contribution in [1.82, 2.24) is 15.1 Å². The lowest BCUT2D eigenvalue weighted by Gasteiger charge is -2.20. The molecule has 1 heterocycles. The third-order valence-electron chi connectivity index (χ3n) is 3.44. The van der Waals surface area contributed by atoms with Crippen LogP contribution in [-0.4, -0.2) is 16.3 Å². The van der Waals surface area contributed by atoms with Crippen molar-refractivity contribution in [2.24, 2.45) is 7.05 Å². The van der Waals surface area contributed by atoms with Crippen molar-refractivity contribution in [3.8, 4) is 0 Å². The van der Waals surface area contributed by atoms with Gasteiger partial charge in [-0.25, -0.2) is 0 Å². The molecule has 0 radical (unpaired) electrons. The summed E-state index contributed by atoms with van der Waals surface area (Å²) in [5, 5.41) is 7.94. The molecule has 2 rings (SSSR count). The Hall–Kier alpha value is -0.880. The summed E-state index contributed by atoms with van der Waals surface area (Å²) < 4.78 is 3.23. The zero-order valence-electron chi connectivity index (χ0n) is 12.4. The van der Waals surface area contributed by atoms with Crippen LogP contribution in [0.2, 0.25) is 0 Å². The Labute approximate surface area is 134 Å². The van der Waals surface area contributed by atoms with Crippen molar-refractivity contribution in [3.05, 3.63) is 50.9 Å². The van der Waals surface area contributed by atoms with Crippen molar-refractivity contribution in [3.63, 3.8) is 0 Å². The van der Waals surface area contributed by atoms with Crippen LogP contribution in [0.15, 0.2) is 30.6 Å². The predicted molar refractivity (Wildman–Crippen MR) is 91.8 cm³/mol. The lowest BCUT2D eigenvalue weighted by atomic mass is 9.99. The van der Waals surface area contributed by atoms with Crippen LogP contribution in [0.1, 0.15) is 36.1 Å². The lowest BCUT2D eigenvalue weighted by Crippen LogP contribution is -2.25. The molecule has 20 heavy (non-hydrogen) atoms. The number of nitrogens with one attached hydrogen (secondary N) is 1. The molecule has 0 aliphatic heterocycles. The van der Waals surface area contributed by atoms with Gasteiger partial charge in [-0.3, -0.25) is 4.68 Å². The van der Waals surface area contributed by atoms with Crippen LogP contribution in [0.3, 0.4) is 0 Å². The normalized spacial score (nSPS) is 12.6. The van der Waals surface area contributed by atoms with Crippen LogP contribution in [0, 0.1) is 10.5 Å². The van der Waals surface area contributed by atoms with E-state index in [1.807, 2.05) is 17.9 Å². The highest BCUT2D eigenvalue weighted by Crippen LogP contribution is 2.25. The summed E-state index contributed by atoms with van der Waals surface area (Å²) in [6.07, 6.45) is 6.19. The first kappa shape index (κ1) is 15.5. The molecule has 0 spiro atoms. The minimum absolute atomic E-state index is 0.353. The van der Waals surface area contributed by atoms with Crippen molar-refractivity contribution < 1.29 is 0 Å². The molecule has 0 fully saturated rings. The molecule has 1 aromatic carbocycles. The van der Waals surface area contributed by atoms with E-state index in [-0.39, 0.29) is 0 Å². The fourth-order valence-corrected chi connectivity index (χ4v) is 3.10. The Bertz CT molecular complexity index is 563. The fraction of sp³-hybridized carbons (Fsp3) is 0.438. The first-order valence-corrected chi connectivity index (χ1v) is 8.15. The molecule has 0 aliphatic carbocycles. The van der Waals surface area contributed by atoms with Crippen molar-refractivity contribution in [2.75, 3.05) is 6.54 Å². The van der Waals surface area contributed by atoms with E-state index in [0.29, 0.717) is 6.04 Å². The van der Waals surface area contributed by atoms with E-state index in [1.54, 1.807) is 0 Å². The van der Waals surface area contributed by atoms with Crippen molar-refractivity contribution in [2.45, 2.75) is 32.7 Å².